The first-order chi connectivity index (χ1) is 13.3. The van der Waals surface area contributed by atoms with Gasteiger partial charge in [-0.05, 0) is 30.3 Å². The van der Waals surface area contributed by atoms with Crippen LogP contribution < -0.4 is 14.8 Å². The summed E-state index contributed by atoms with van der Waals surface area (Å²) in [7, 11) is -4.26. The highest BCUT2D eigenvalue weighted by Crippen LogP contribution is 2.28. The van der Waals surface area contributed by atoms with Crippen LogP contribution in [0.15, 0.2) is 53.4 Å². The van der Waals surface area contributed by atoms with Gasteiger partial charge in [0, 0.05) is 18.2 Å². The van der Waals surface area contributed by atoms with Gasteiger partial charge < -0.3 is 14.8 Å². The topological polar surface area (TPSA) is 98.8 Å². The van der Waals surface area contributed by atoms with E-state index in [4.69, 9.17) is 9.47 Å². The molecular formula is C19H23NO6S2. The molecule has 0 bridgehead atoms. The lowest BCUT2D eigenvalue weighted by atomic mass is 10.1. The summed E-state index contributed by atoms with van der Waals surface area (Å²) in [5.74, 6) is 0.571. The van der Waals surface area contributed by atoms with Crippen molar-refractivity contribution in [1.82, 2.24) is 5.32 Å². The van der Waals surface area contributed by atoms with Gasteiger partial charge in [-0.25, -0.2) is 16.8 Å². The van der Waals surface area contributed by atoms with E-state index in [1.54, 1.807) is 25.3 Å². The number of nitrogens with one attached hydrogen (secondary N) is 1. The summed E-state index contributed by atoms with van der Waals surface area (Å²) >= 11 is 0. The predicted molar refractivity (Wildman–Crippen MR) is 106 cm³/mol. The van der Waals surface area contributed by atoms with Crippen LogP contribution in [0.5, 0.6) is 11.5 Å². The molecule has 0 amide bonds. The maximum atomic E-state index is 13.1. The molecule has 2 unspecified atom stereocenters. The molecule has 1 fully saturated rings. The highest BCUT2D eigenvalue weighted by molar-refractivity contribution is 7.96. The number of methoxy groups -OCH3 is 2. The van der Waals surface area contributed by atoms with Gasteiger partial charge in [-0.2, -0.15) is 0 Å². The monoisotopic (exact) mass is 425 g/mol. The van der Waals surface area contributed by atoms with Gasteiger partial charge in [0.1, 0.15) is 11.5 Å². The maximum Gasteiger partial charge on any atom is 0.183 e. The van der Waals surface area contributed by atoms with E-state index < -0.39 is 36.7 Å². The molecule has 2 atom stereocenters. The van der Waals surface area contributed by atoms with E-state index in [9.17, 15) is 16.8 Å². The van der Waals surface area contributed by atoms with E-state index in [0.29, 0.717) is 18.0 Å². The largest absolute Gasteiger partial charge is 0.497 e. The Kier molecular flexibility index (Phi) is 5.97. The fraction of sp³-hybridized carbons (Fsp3) is 0.368. The fourth-order valence-corrected chi connectivity index (χ4v) is 8.06. The molecule has 9 heteroatoms. The quantitative estimate of drug-likeness (QED) is 0.716. The molecule has 1 aliphatic heterocycles. The Bertz CT molecular complexity index is 1030. The van der Waals surface area contributed by atoms with Crippen molar-refractivity contribution in [2.45, 2.75) is 22.7 Å². The first kappa shape index (κ1) is 20.6. The molecular weight excluding hydrogens is 402 g/mol. The van der Waals surface area contributed by atoms with Gasteiger partial charge in [0.2, 0.25) is 0 Å². The minimum atomic E-state index is -3.83. The van der Waals surface area contributed by atoms with Gasteiger partial charge in [0.05, 0.1) is 35.9 Å². The molecule has 2 aromatic carbocycles. The van der Waals surface area contributed by atoms with E-state index in [1.807, 2.05) is 18.2 Å². The van der Waals surface area contributed by atoms with Crippen LogP contribution in [0.25, 0.3) is 0 Å². The van der Waals surface area contributed by atoms with E-state index in [1.165, 1.54) is 19.2 Å². The highest BCUT2D eigenvalue weighted by atomic mass is 32.2. The normalized spacial score (nSPS) is 21.4. The zero-order valence-electron chi connectivity index (χ0n) is 15.7. The molecule has 0 aliphatic carbocycles. The van der Waals surface area contributed by atoms with Crippen LogP contribution >= 0.6 is 0 Å². The van der Waals surface area contributed by atoms with Gasteiger partial charge >= 0.3 is 0 Å². The lowest BCUT2D eigenvalue weighted by molar-refractivity contribution is 0.406. The minimum Gasteiger partial charge on any atom is -0.497 e. The summed E-state index contributed by atoms with van der Waals surface area (Å²) in [6.07, 6.45) is 0. The second kappa shape index (κ2) is 8.10. The molecule has 0 spiro atoms. The molecule has 3 rings (SSSR count). The highest BCUT2D eigenvalue weighted by Gasteiger charge is 2.45. The lowest BCUT2D eigenvalue weighted by Crippen LogP contribution is -2.43. The van der Waals surface area contributed by atoms with E-state index in [-0.39, 0.29) is 10.6 Å². The smallest absolute Gasteiger partial charge is 0.183 e. The Morgan fingerprint density at radius 2 is 1.68 bits per heavy atom. The average molecular weight is 426 g/mol. The number of rotatable bonds is 7. The summed E-state index contributed by atoms with van der Waals surface area (Å²) < 4.78 is 61.0. The third-order valence-corrected chi connectivity index (χ3v) is 9.00. The molecule has 152 valence electrons. The SMILES string of the molecule is COc1ccc(S(=O)(=O)C2CS(=O)(=O)CC2NCc2ccccc2OC)cc1. The average Bonchev–Trinajstić information content (AvgIpc) is 3.02. The Morgan fingerprint density at radius 3 is 2.32 bits per heavy atom. The molecule has 0 radical (unpaired) electrons. The molecule has 0 aromatic heterocycles. The van der Waals surface area contributed by atoms with Crippen LogP contribution in [0.4, 0.5) is 0 Å². The van der Waals surface area contributed by atoms with Gasteiger partial charge in [-0.15, -0.1) is 0 Å². The summed E-state index contributed by atoms with van der Waals surface area (Å²) in [6.45, 7) is 0.304. The van der Waals surface area contributed by atoms with Crippen molar-refractivity contribution in [2.75, 3.05) is 25.7 Å². The van der Waals surface area contributed by atoms with Crippen LogP contribution in [-0.4, -0.2) is 53.9 Å². The van der Waals surface area contributed by atoms with Gasteiger partial charge in [-0.3, -0.25) is 0 Å². The van der Waals surface area contributed by atoms with Crippen LogP contribution in [0.1, 0.15) is 5.56 Å². The minimum absolute atomic E-state index is 0.0829. The molecule has 1 aliphatic rings. The van der Waals surface area contributed by atoms with Crippen molar-refractivity contribution in [3.05, 3.63) is 54.1 Å². The molecule has 1 saturated heterocycles. The Balaban J connectivity index is 1.85. The van der Waals surface area contributed by atoms with Crippen molar-refractivity contribution in [1.29, 1.82) is 0 Å². The third-order valence-electron chi connectivity index (χ3n) is 4.83. The number of benzene rings is 2. The summed E-state index contributed by atoms with van der Waals surface area (Å²) in [6, 6.07) is 12.6. The van der Waals surface area contributed by atoms with E-state index in [2.05, 4.69) is 5.32 Å². The third kappa shape index (κ3) is 4.31. The maximum absolute atomic E-state index is 13.1. The second-order valence-electron chi connectivity index (χ2n) is 6.64. The number of hydrogen-bond acceptors (Lipinski definition) is 7. The molecule has 0 saturated carbocycles. The van der Waals surface area contributed by atoms with Gasteiger partial charge in [0.15, 0.2) is 19.7 Å². The molecule has 1 heterocycles. The Hall–Kier alpha value is -2.10. The van der Waals surface area contributed by atoms with Crippen LogP contribution in [0.2, 0.25) is 0 Å². The van der Waals surface area contributed by atoms with Gasteiger partial charge in [0.25, 0.3) is 0 Å². The molecule has 2 aromatic rings. The number of para-hydroxylation sites is 1. The van der Waals surface area contributed by atoms with Gasteiger partial charge in [-0.1, -0.05) is 18.2 Å². The van der Waals surface area contributed by atoms with Crippen molar-refractivity contribution in [2.24, 2.45) is 0 Å². The summed E-state index contributed by atoms with van der Waals surface area (Å²) in [5.41, 5.74) is 0.829. The lowest BCUT2D eigenvalue weighted by Gasteiger charge is -2.20. The van der Waals surface area contributed by atoms with Crippen LogP contribution in [-0.2, 0) is 26.2 Å². The van der Waals surface area contributed by atoms with E-state index >= 15 is 0 Å². The van der Waals surface area contributed by atoms with Crippen LogP contribution in [0, 0.1) is 0 Å². The van der Waals surface area contributed by atoms with Crippen LogP contribution in [0.3, 0.4) is 0 Å². The fourth-order valence-electron chi connectivity index (χ4n) is 3.34. The zero-order chi connectivity index (χ0) is 20.4. The number of sulfone groups is 2. The first-order valence-corrected chi connectivity index (χ1v) is 12.1. The van der Waals surface area contributed by atoms with E-state index in [0.717, 1.165) is 5.56 Å². The zero-order valence-corrected chi connectivity index (χ0v) is 17.3. The second-order valence-corrected chi connectivity index (χ2v) is 11.0. The Morgan fingerprint density at radius 1 is 1.00 bits per heavy atom. The first-order valence-electron chi connectivity index (χ1n) is 8.70. The summed E-state index contributed by atoms with van der Waals surface area (Å²) in [5, 5.41) is 2.06. The summed E-state index contributed by atoms with van der Waals surface area (Å²) in [4.78, 5) is 0.0829. The molecule has 7 nitrogen and oxygen atoms in total. The number of hydrogen-bond donors (Lipinski definition) is 1. The number of ether oxygens (including phenoxy) is 2. The Labute approximate surface area is 165 Å². The van der Waals surface area contributed by atoms with Crippen molar-refractivity contribution >= 4 is 19.7 Å². The van der Waals surface area contributed by atoms with Crippen molar-refractivity contribution < 1.29 is 26.3 Å². The van der Waals surface area contributed by atoms with Crippen molar-refractivity contribution in [3.63, 3.8) is 0 Å². The molecule has 28 heavy (non-hydrogen) atoms. The van der Waals surface area contributed by atoms with Crippen molar-refractivity contribution in [3.8, 4) is 11.5 Å². The predicted octanol–water partition coefficient (Wildman–Crippen LogP) is 1.43. The molecule has 1 N–H and O–H groups in total. The standard InChI is InChI=1S/C19H23NO6S2/c1-25-15-7-9-16(10-8-15)28(23,24)19-13-27(21,22)12-17(19)20-11-14-5-3-4-6-18(14)26-2/h3-10,17,19-20H,11-13H2,1-2H3.